The lowest BCUT2D eigenvalue weighted by Gasteiger charge is -2.53. The highest BCUT2D eigenvalue weighted by Gasteiger charge is 2.58. The number of nitrogens with one attached hydrogen (secondary N) is 1. The lowest BCUT2D eigenvalue weighted by atomic mass is 10.0. The second-order valence-corrected chi connectivity index (χ2v) is 10.6. The second kappa shape index (κ2) is 9.15. The van der Waals surface area contributed by atoms with Gasteiger partial charge in [-0.15, -0.1) is 23.5 Å². The predicted molar refractivity (Wildman–Crippen MR) is 128 cm³/mol. The number of thioether (sulfide) groups is 2. The number of carbonyl (C=O) groups is 3. The number of pyridine rings is 1. The number of rotatable bonds is 7. The van der Waals surface area contributed by atoms with Crippen molar-refractivity contribution < 1.29 is 19.5 Å². The number of benzene rings is 1. The Balaban J connectivity index is 1.29. The first-order chi connectivity index (χ1) is 16.5. The predicted octanol–water partition coefficient (Wildman–Crippen LogP) is 1.83. The van der Waals surface area contributed by atoms with Gasteiger partial charge >= 0.3 is 5.97 Å². The number of aliphatic carboxylic acids is 1. The summed E-state index contributed by atoms with van der Waals surface area (Å²) in [5.41, 5.74) is 0.866. The quantitative estimate of drug-likeness (QED) is 0.477. The summed E-state index contributed by atoms with van der Waals surface area (Å²) in [7, 11) is 0. The van der Waals surface area contributed by atoms with Gasteiger partial charge in [0.2, 0.25) is 11.8 Å². The van der Waals surface area contributed by atoms with Crippen LogP contribution in [0.2, 0.25) is 0 Å². The molecule has 5 rings (SSSR count). The fraction of sp³-hybridized carbons (Fsp3) is 0.261. The Morgan fingerprint density at radius 2 is 2.00 bits per heavy atom. The normalized spacial score (nSPS) is 23.6. The van der Waals surface area contributed by atoms with Crippen LogP contribution in [0.25, 0.3) is 5.82 Å². The van der Waals surface area contributed by atoms with Gasteiger partial charge in [0, 0.05) is 30.9 Å². The van der Waals surface area contributed by atoms with Crippen LogP contribution in [0.4, 0.5) is 0 Å². The third kappa shape index (κ3) is 4.16. The number of carboxylic acid groups (broad SMARTS) is 1. The minimum Gasteiger partial charge on any atom is -0.480 e. The van der Waals surface area contributed by atoms with E-state index in [4.69, 9.17) is 0 Å². The second-order valence-electron chi connectivity index (χ2n) is 8.05. The molecule has 2 aromatic heterocycles. The van der Waals surface area contributed by atoms with Crippen molar-refractivity contribution in [1.82, 2.24) is 25.0 Å². The molecule has 1 aromatic carbocycles. The number of fused-ring (bicyclic) bond motifs is 1. The molecule has 2 saturated heterocycles. The Labute approximate surface area is 203 Å². The van der Waals surface area contributed by atoms with Crippen LogP contribution in [0.5, 0.6) is 0 Å². The zero-order valence-corrected chi connectivity index (χ0v) is 19.5. The molecule has 2 amide bonds. The summed E-state index contributed by atoms with van der Waals surface area (Å²) < 4.78 is 0.338. The molecule has 0 aliphatic carbocycles. The van der Waals surface area contributed by atoms with E-state index in [0.29, 0.717) is 10.7 Å². The molecule has 34 heavy (non-hydrogen) atoms. The average Bonchev–Trinajstić information content (AvgIpc) is 3.38. The van der Waals surface area contributed by atoms with Gasteiger partial charge in [-0.1, -0.05) is 30.3 Å². The summed E-state index contributed by atoms with van der Waals surface area (Å²) in [6, 6.07) is 14.0. The molecule has 2 N–H and O–H groups in total. The highest BCUT2D eigenvalue weighted by atomic mass is 32.2. The van der Waals surface area contributed by atoms with Crippen molar-refractivity contribution in [3.63, 3.8) is 0 Å². The average molecular weight is 496 g/mol. The molecule has 2 aliphatic rings. The molecule has 2 unspecified atom stereocenters. The number of carbonyl (C=O) groups excluding carboxylic acids is 2. The van der Waals surface area contributed by atoms with Gasteiger partial charge in [-0.25, -0.2) is 9.67 Å². The largest absolute Gasteiger partial charge is 0.480 e. The van der Waals surface area contributed by atoms with Crippen molar-refractivity contribution in [2.45, 2.75) is 27.5 Å². The third-order valence-electron chi connectivity index (χ3n) is 5.75. The zero-order chi connectivity index (χ0) is 23.7. The fourth-order valence-electron chi connectivity index (χ4n) is 4.03. The summed E-state index contributed by atoms with van der Waals surface area (Å²) >= 11 is 2.56. The van der Waals surface area contributed by atoms with Gasteiger partial charge in [-0.2, -0.15) is 5.10 Å². The van der Waals surface area contributed by atoms with Gasteiger partial charge in [0.05, 0.1) is 11.3 Å². The minimum atomic E-state index is -1.25. The van der Waals surface area contributed by atoms with E-state index < -0.39 is 16.8 Å². The Morgan fingerprint density at radius 1 is 1.18 bits per heavy atom. The van der Waals surface area contributed by atoms with Crippen molar-refractivity contribution >= 4 is 41.3 Å². The van der Waals surface area contributed by atoms with E-state index in [2.05, 4.69) is 15.4 Å². The van der Waals surface area contributed by atoms with Crippen LogP contribution >= 0.6 is 23.5 Å². The summed E-state index contributed by atoms with van der Waals surface area (Å²) in [4.78, 5) is 44.3. The minimum absolute atomic E-state index is 0.0436. The topological polar surface area (TPSA) is 117 Å². The fourth-order valence-corrected chi connectivity index (χ4v) is 6.96. The summed E-state index contributed by atoms with van der Waals surface area (Å²) in [6.07, 6.45) is 5.19. The van der Waals surface area contributed by atoms with Gasteiger partial charge < -0.3 is 15.3 Å². The van der Waals surface area contributed by atoms with E-state index in [9.17, 15) is 19.5 Å². The van der Waals surface area contributed by atoms with Crippen molar-refractivity contribution in [3.8, 4) is 5.82 Å². The van der Waals surface area contributed by atoms with E-state index in [0.717, 1.165) is 5.56 Å². The van der Waals surface area contributed by atoms with Crippen molar-refractivity contribution in [2.24, 2.45) is 0 Å². The molecule has 2 fully saturated rings. The van der Waals surface area contributed by atoms with Crippen molar-refractivity contribution in [1.29, 1.82) is 0 Å². The van der Waals surface area contributed by atoms with Crippen LogP contribution in [0.3, 0.4) is 0 Å². The summed E-state index contributed by atoms with van der Waals surface area (Å²) in [5, 5.41) is 16.9. The smallest absolute Gasteiger partial charge is 0.322 e. The van der Waals surface area contributed by atoms with E-state index in [1.165, 1.54) is 23.5 Å². The Bertz CT molecular complexity index is 1220. The highest BCUT2D eigenvalue weighted by Crippen LogP contribution is 2.47. The number of hydrogen-bond donors (Lipinski definition) is 2. The van der Waals surface area contributed by atoms with Gasteiger partial charge in [-0.05, 0) is 23.8 Å². The molecule has 0 bridgehead atoms. The van der Waals surface area contributed by atoms with E-state index in [-0.39, 0.29) is 35.9 Å². The molecule has 0 radical (unpaired) electrons. The molecule has 174 valence electrons. The zero-order valence-electron chi connectivity index (χ0n) is 17.9. The van der Waals surface area contributed by atoms with Crippen molar-refractivity contribution in [2.75, 3.05) is 12.3 Å². The van der Waals surface area contributed by atoms with Crippen molar-refractivity contribution in [3.05, 3.63) is 72.7 Å². The summed E-state index contributed by atoms with van der Waals surface area (Å²) in [5.74, 6) is -0.675. The molecule has 0 saturated carbocycles. The molecular weight excluding hydrogens is 474 g/mol. The number of β-lactam (4-membered cyclic amide) rings is 1. The van der Waals surface area contributed by atoms with E-state index >= 15 is 0 Å². The van der Waals surface area contributed by atoms with Gasteiger partial charge in [-0.3, -0.25) is 14.4 Å². The van der Waals surface area contributed by atoms with Crippen LogP contribution in [0.15, 0.2) is 72.0 Å². The van der Waals surface area contributed by atoms with Gasteiger partial charge in [0.25, 0.3) is 0 Å². The molecule has 3 atom stereocenters. The molecule has 3 aromatic rings. The van der Waals surface area contributed by atoms with Crippen LogP contribution in [-0.2, 0) is 20.8 Å². The molecule has 2 aliphatic heterocycles. The Hall–Kier alpha value is -3.31. The maximum atomic E-state index is 12.9. The molecule has 4 heterocycles. The van der Waals surface area contributed by atoms with Crippen LogP contribution < -0.4 is 5.32 Å². The Kier molecular flexibility index (Phi) is 6.05. The maximum Gasteiger partial charge on any atom is 0.322 e. The van der Waals surface area contributed by atoms with Crippen LogP contribution in [0, 0.1) is 0 Å². The maximum absolute atomic E-state index is 12.9. The van der Waals surface area contributed by atoms with Crippen LogP contribution in [-0.4, -0.2) is 71.0 Å². The first-order valence-corrected chi connectivity index (χ1v) is 12.5. The highest BCUT2D eigenvalue weighted by molar-refractivity contribution is 8.05. The first kappa shape index (κ1) is 22.5. The van der Waals surface area contributed by atoms with Crippen LogP contribution in [0.1, 0.15) is 5.56 Å². The first-order valence-electron chi connectivity index (χ1n) is 10.6. The number of aromatic nitrogens is 3. The number of hydrogen-bond acceptors (Lipinski definition) is 7. The van der Waals surface area contributed by atoms with E-state index in [1.807, 2.05) is 30.3 Å². The standard InChI is InChI=1S/C23H21N5O4S2/c29-17(12-15-6-2-1-3-7-15)26-18-20(30)27-13-23(22(31)32,14-33-21(18)27)34-16-8-4-9-24-19(16)28-11-5-10-25-28/h1-11,18,21H,12-14H2,(H,26,29)(H,31,32)/t18?,21-,23?/m1/s1. The lowest BCUT2D eigenvalue weighted by Crippen LogP contribution is -2.74. The molecule has 11 heteroatoms. The molecule has 0 spiro atoms. The van der Waals surface area contributed by atoms with E-state index in [1.54, 1.807) is 46.4 Å². The van der Waals surface area contributed by atoms with Gasteiger partial charge in [0.15, 0.2) is 5.82 Å². The number of amides is 2. The monoisotopic (exact) mass is 495 g/mol. The third-order valence-corrected chi connectivity index (χ3v) is 8.83. The number of nitrogens with zero attached hydrogens (tertiary/aromatic N) is 4. The summed E-state index contributed by atoms with van der Waals surface area (Å²) in [6.45, 7) is 0.0436. The molecule has 9 nitrogen and oxygen atoms in total. The number of carboxylic acids is 1. The SMILES string of the molecule is O=C(Cc1ccccc1)NC1C(=O)N2CC(Sc3cccnc3-n3cccn3)(C(=O)O)CS[C@H]12. The Morgan fingerprint density at radius 3 is 2.74 bits per heavy atom. The lowest BCUT2D eigenvalue weighted by molar-refractivity contribution is -0.152. The molecular formula is C23H21N5O4S2. The van der Waals surface area contributed by atoms with Gasteiger partial charge in [0.1, 0.15) is 16.2 Å².